The van der Waals surface area contributed by atoms with E-state index in [1.54, 1.807) is 19.1 Å². The number of hydrogen-bond donors (Lipinski definition) is 3. The lowest BCUT2D eigenvalue weighted by Gasteiger charge is -2.43. The van der Waals surface area contributed by atoms with Gasteiger partial charge in [0.2, 0.25) is 0 Å². The van der Waals surface area contributed by atoms with E-state index in [0.717, 1.165) is 0 Å². The van der Waals surface area contributed by atoms with Crippen LogP contribution in [0.5, 0.6) is 5.75 Å². The first-order valence-electron chi connectivity index (χ1n) is 10.5. The van der Waals surface area contributed by atoms with E-state index in [1.165, 1.54) is 31.5 Å². The molecule has 0 amide bonds. The monoisotopic (exact) mass is 478 g/mol. The molecule has 11 heteroatoms. The summed E-state index contributed by atoms with van der Waals surface area (Å²) < 4.78 is 50.7. The molecule has 2 aliphatic heterocycles. The number of amidine groups is 1. The molecule has 1 unspecified atom stereocenters. The number of rotatable bonds is 5. The van der Waals surface area contributed by atoms with E-state index in [-0.39, 0.29) is 43.2 Å². The maximum Gasteiger partial charge on any atom is 0.168 e. The molecule has 2 atom stereocenters. The van der Waals surface area contributed by atoms with Gasteiger partial charge in [-0.05, 0) is 50.1 Å². The number of aliphatic hydroxyl groups is 1. The molecule has 2 aliphatic rings. The molecule has 0 bridgehead atoms. The van der Waals surface area contributed by atoms with Crippen molar-refractivity contribution in [3.05, 3.63) is 53.6 Å². The van der Waals surface area contributed by atoms with E-state index < -0.39 is 32.2 Å². The summed E-state index contributed by atoms with van der Waals surface area (Å²) >= 11 is 0. The van der Waals surface area contributed by atoms with E-state index in [4.69, 9.17) is 15.2 Å². The molecule has 0 saturated carbocycles. The smallest absolute Gasteiger partial charge is 0.168 e. The number of sulfone groups is 1. The summed E-state index contributed by atoms with van der Waals surface area (Å²) in [5.74, 6) is -0.474. The van der Waals surface area contributed by atoms with Gasteiger partial charge in [0.05, 0.1) is 24.8 Å². The second-order valence-electron chi connectivity index (χ2n) is 8.50. The van der Waals surface area contributed by atoms with Crippen LogP contribution in [0.2, 0.25) is 0 Å². The maximum absolute atomic E-state index is 14.9. The maximum atomic E-state index is 14.9. The first kappa shape index (κ1) is 23.4. The summed E-state index contributed by atoms with van der Waals surface area (Å²) in [6.45, 7) is 2.10. The average Bonchev–Trinajstić information content (AvgIpc) is 2.79. The summed E-state index contributed by atoms with van der Waals surface area (Å²) in [6, 6.07) is 7.33. The summed E-state index contributed by atoms with van der Waals surface area (Å²) in [4.78, 5) is 8.65. The quantitative estimate of drug-likeness (QED) is 0.554. The van der Waals surface area contributed by atoms with Crippen molar-refractivity contribution in [1.82, 2.24) is 4.98 Å². The van der Waals surface area contributed by atoms with Crippen molar-refractivity contribution in [3.8, 4) is 5.75 Å². The van der Waals surface area contributed by atoms with Crippen LogP contribution in [0.25, 0.3) is 0 Å². The number of methoxy groups -OCH3 is 1. The van der Waals surface area contributed by atoms with Gasteiger partial charge < -0.3 is 25.6 Å². The highest BCUT2D eigenvalue weighted by atomic mass is 32.2. The van der Waals surface area contributed by atoms with Gasteiger partial charge in [0.15, 0.2) is 16.1 Å². The number of hydrogen-bond acceptors (Lipinski definition) is 9. The van der Waals surface area contributed by atoms with Gasteiger partial charge in [-0.1, -0.05) is 0 Å². The zero-order chi connectivity index (χ0) is 23.9. The molecule has 0 aliphatic carbocycles. The molecule has 0 radical (unpaired) electrons. The first-order chi connectivity index (χ1) is 15.6. The largest absolute Gasteiger partial charge is 0.495 e. The molecule has 3 heterocycles. The van der Waals surface area contributed by atoms with E-state index >= 15 is 0 Å². The number of aliphatic imine (C=N–C) groups is 1. The zero-order valence-electron chi connectivity index (χ0n) is 18.4. The van der Waals surface area contributed by atoms with Gasteiger partial charge in [0.25, 0.3) is 0 Å². The SMILES string of the molecule is COc1ccc(C(O)Nc2ccc(F)c([C@]3(C)CS(=O)(=O)C4(CCOCC4)C(N)=N3)c2)nc1. The summed E-state index contributed by atoms with van der Waals surface area (Å²) in [7, 11) is -2.24. The van der Waals surface area contributed by atoms with E-state index in [0.29, 0.717) is 17.1 Å². The molecule has 178 valence electrons. The summed E-state index contributed by atoms with van der Waals surface area (Å²) in [5.41, 5.74) is 5.57. The lowest BCUT2D eigenvalue weighted by molar-refractivity contribution is 0.0875. The van der Waals surface area contributed by atoms with E-state index in [9.17, 15) is 17.9 Å². The van der Waals surface area contributed by atoms with E-state index in [2.05, 4.69) is 15.3 Å². The van der Waals surface area contributed by atoms with Crippen LogP contribution >= 0.6 is 0 Å². The lowest BCUT2D eigenvalue weighted by Crippen LogP contribution is -2.60. The molecule has 4 rings (SSSR count). The minimum absolute atomic E-state index is 0.0141. The Morgan fingerprint density at radius 2 is 2.00 bits per heavy atom. The van der Waals surface area contributed by atoms with Gasteiger partial charge in [-0.15, -0.1) is 0 Å². The molecule has 9 nitrogen and oxygen atoms in total. The number of ether oxygens (including phenoxy) is 2. The predicted octanol–water partition coefficient (Wildman–Crippen LogP) is 1.88. The van der Waals surface area contributed by atoms with Crippen molar-refractivity contribution >= 4 is 21.4 Å². The minimum atomic E-state index is -3.75. The molecule has 1 spiro atoms. The molecule has 2 aromatic rings. The Morgan fingerprint density at radius 1 is 1.27 bits per heavy atom. The van der Waals surface area contributed by atoms with Crippen molar-refractivity contribution in [2.75, 3.05) is 31.4 Å². The zero-order valence-corrected chi connectivity index (χ0v) is 19.2. The topological polar surface area (TPSA) is 136 Å². The third-order valence-electron chi connectivity index (χ3n) is 6.33. The van der Waals surface area contributed by atoms with Gasteiger partial charge in [0, 0.05) is 24.5 Å². The fourth-order valence-corrected chi connectivity index (χ4v) is 6.80. The first-order valence-corrected chi connectivity index (χ1v) is 12.2. The third kappa shape index (κ3) is 4.16. The Kier molecular flexibility index (Phi) is 6.06. The minimum Gasteiger partial charge on any atom is -0.495 e. The van der Waals surface area contributed by atoms with Gasteiger partial charge in [-0.25, -0.2) is 12.8 Å². The van der Waals surface area contributed by atoms with Crippen LogP contribution in [-0.4, -0.2) is 55.2 Å². The standard InChI is InChI=1S/C22H27FN4O5S/c1-21(13-33(29,30)22(20(24)27-21)7-9-32-10-8-22)16-11-14(3-5-17(16)23)26-19(28)18-6-4-15(31-2)12-25-18/h3-6,11-12,19,26,28H,7-10,13H2,1-2H3,(H2,24,27)/t19?,21-/m0/s1. The van der Waals surface area contributed by atoms with Gasteiger partial charge in [-0.2, -0.15) is 0 Å². The van der Waals surface area contributed by atoms with E-state index in [1.807, 2.05) is 0 Å². The van der Waals surface area contributed by atoms with Crippen LogP contribution in [0.1, 0.15) is 37.3 Å². The highest BCUT2D eigenvalue weighted by Crippen LogP contribution is 2.42. The highest BCUT2D eigenvalue weighted by Gasteiger charge is 2.55. The Morgan fingerprint density at radius 3 is 2.61 bits per heavy atom. The van der Waals surface area contributed by atoms with Crippen LogP contribution in [0, 0.1) is 5.82 Å². The van der Waals surface area contributed by atoms with Crippen LogP contribution < -0.4 is 15.8 Å². The number of aliphatic hydroxyl groups excluding tert-OH is 1. The van der Waals surface area contributed by atoms with Crippen molar-refractivity contribution in [3.63, 3.8) is 0 Å². The molecule has 1 fully saturated rings. The fraction of sp³-hybridized carbons (Fsp3) is 0.455. The number of pyridine rings is 1. The van der Waals surface area contributed by atoms with Crippen LogP contribution in [0.3, 0.4) is 0 Å². The second kappa shape index (κ2) is 8.54. The Bertz CT molecular complexity index is 1170. The lowest BCUT2D eigenvalue weighted by atomic mass is 9.91. The van der Waals surface area contributed by atoms with Gasteiger partial charge in [0.1, 0.15) is 27.7 Å². The number of anilines is 1. The molecule has 33 heavy (non-hydrogen) atoms. The normalized spacial score (nSPS) is 24.7. The predicted molar refractivity (Wildman–Crippen MR) is 121 cm³/mol. The third-order valence-corrected chi connectivity index (χ3v) is 9.08. The van der Waals surface area contributed by atoms with Crippen LogP contribution in [-0.2, 0) is 20.1 Å². The Labute approximate surface area is 191 Å². The molecule has 1 aromatic carbocycles. The molecule has 4 N–H and O–H groups in total. The molecule has 1 saturated heterocycles. The second-order valence-corrected chi connectivity index (χ2v) is 10.8. The van der Waals surface area contributed by atoms with Crippen molar-refractivity contribution in [2.24, 2.45) is 10.7 Å². The number of nitrogens with one attached hydrogen (secondary N) is 1. The number of nitrogens with two attached hydrogens (primary N) is 1. The molecular formula is C22H27FN4O5S. The Hall–Kier alpha value is -2.76. The molecule has 1 aromatic heterocycles. The summed E-state index contributed by atoms with van der Waals surface area (Å²) in [5, 5.41) is 13.3. The number of aromatic nitrogens is 1. The van der Waals surface area contributed by atoms with Crippen molar-refractivity contribution < 1.29 is 27.4 Å². The van der Waals surface area contributed by atoms with Crippen LogP contribution in [0.15, 0.2) is 41.5 Å². The van der Waals surface area contributed by atoms with Crippen molar-refractivity contribution in [1.29, 1.82) is 0 Å². The average molecular weight is 479 g/mol. The fourth-order valence-electron chi connectivity index (χ4n) is 4.41. The number of benzene rings is 1. The number of nitrogens with zero attached hydrogens (tertiary/aromatic N) is 2. The van der Waals surface area contributed by atoms with Gasteiger partial charge in [-0.3, -0.25) is 9.98 Å². The number of halogens is 1. The summed E-state index contributed by atoms with van der Waals surface area (Å²) in [6.07, 6.45) is 0.738. The van der Waals surface area contributed by atoms with Crippen molar-refractivity contribution in [2.45, 2.75) is 36.3 Å². The van der Waals surface area contributed by atoms with Crippen LogP contribution in [0.4, 0.5) is 10.1 Å². The highest BCUT2D eigenvalue weighted by molar-refractivity contribution is 7.93. The molecular weight excluding hydrogens is 451 g/mol. The van der Waals surface area contributed by atoms with Gasteiger partial charge >= 0.3 is 0 Å². The Balaban J connectivity index is 1.66.